The number of carbonyl (C=O) groups excluding carboxylic acids is 1. The Balaban J connectivity index is 1.59. The third-order valence-electron chi connectivity index (χ3n) is 5.31. The van der Waals surface area contributed by atoms with Crippen LogP contribution in [0.1, 0.15) is 27.7 Å². The fourth-order valence-corrected chi connectivity index (χ4v) is 4.31. The molecule has 0 saturated heterocycles. The van der Waals surface area contributed by atoms with E-state index < -0.39 is 0 Å². The summed E-state index contributed by atoms with van der Waals surface area (Å²) in [7, 11) is 0. The summed E-state index contributed by atoms with van der Waals surface area (Å²) in [6.07, 6.45) is 1.56. The number of fused-ring (bicyclic) bond motifs is 2. The van der Waals surface area contributed by atoms with Crippen LogP contribution in [0.2, 0.25) is 0 Å². The number of thiophene rings is 1. The number of rotatable bonds is 7. The van der Waals surface area contributed by atoms with Gasteiger partial charge in [0.05, 0.1) is 30.4 Å². The molecule has 0 bridgehead atoms. The van der Waals surface area contributed by atoms with Crippen molar-refractivity contribution in [1.29, 1.82) is 0 Å². The molecule has 4 N–H and O–H groups in total. The number of aromatic hydroxyl groups is 1. The van der Waals surface area contributed by atoms with E-state index in [2.05, 4.69) is 20.4 Å². The Labute approximate surface area is 204 Å². The lowest BCUT2D eigenvalue weighted by Gasteiger charge is -2.06. The smallest absolute Gasteiger partial charge is 0.257 e. The van der Waals surface area contributed by atoms with Crippen LogP contribution in [-0.2, 0) is 6.54 Å². The summed E-state index contributed by atoms with van der Waals surface area (Å²) in [4.78, 5) is 23.6. The Morgan fingerprint density at radius 1 is 1.20 bits per heavy atom. The van der Waals surface area contributed by atoms with Gasteiger partial charge in [-0.05, 0) is 54.3 Å². The lowest BCUT2D eigenvalue weighted by atomic mass is 10.2. The molecule has 5 rings (SSSR count). The zero-order chi connectivity index (χ0) is 24.4. The molecule has 0 radical (unpaired) electrons. The first-order valence-electron chi connectivity index (χ1n) is 10.9. The van der Waals surface area contributed by atoms with E-state index in [0.717, 1.165) is 4.88 Å². The van der Waals surface area contributed by atoms with Gasteiger partial charge in [-0.3, -0.25) is 4.79 Å². The molecule has 1 amide bonds. The number of carbonyl (C=O) groups is 1. The van der Waals surface area contributed by atoms with Gasteiger partial charge in [0, 0.05) is 4.88 Å². The van der Waals surface area contributed by atoms with Crippen LogP contribution in [0.25, 0.3) is 22.2 Å². The molecule has 0 saturated carbocycles. The highest BCUT2D eigenvalue weighted by atomic mass is 32.1. The lowest BCUT2D eigenvalue weighted by Crippen LogP contribution is -2.23. The van der Waals surface area contributed by atoms with Gasteiger partial charge in [0.25, 0.3) is 5.91 Å². The summed E-state index contributed by atoms with van der Waals surface area (Å²) in [5, 5.41) is 19.3. The van der Waals surface area contributed by atoms with E-state index in [1.807, 2.05) is 48.7 Å². The van der Waals surface area contributed by atoms with Crippen molar-refractivity contribution in [1.82, 2.24) is 20.0 Å². The van der Waals surface area contributed by atoms with E-state index in [0.29, 0.717) is 46.7 Å². The summed E-state index contributed by atoms with van der Waals surface area (Å²) in [6, 6.07) is 16.2. The van der Waals surface area contributed by atoms with Crippen molar-refractivity contribution in [3.05, 3.63) is 76.0 Å². The second-order valence-corrected chi connectivity index (χ2v) is 8.66. The van der Waals surface area contributed by atoms with Crippen LogP contribution in [0.3, 0.4) is 0 Å². The number of ether oxygens (including phenoxy) is 1. The molecule has 0 aliphatic rings. The van der Waals surface area contributed by atoms with E-state index in [-0.39, 0.29) is 23.0 Å². The Morgan fingerprint density at radius 2 is 2.00 bits per heavy atom. The zero-order valence-corrected chi connectivity index (χ0v) is 19.6. The van der Waals surface area contributed by atoms with Crippen LogP contribution >= 0.6 is 11.3 Å². The first-order chi connectivity index (χ1) is 17.0. The number of hydrogen-bond donors (Lipinski definition) is 3. The van der Waals surface area contributed by atoms with Crippen LogP contribution in [-0.4, -0.2) is 38.5 Å². The van der Waals surface area contributed by atoms with Gasteiger partial charge in [-0.15, -0.1) is 11.3 Å². The standard InChI is InChI=1S/C25H22N6O3S/c1-2-34-20-12-15(9-10-19(20)32)13-28-31-23(26)21(25(33)27-14-16-6-5-11-35-16)22-24(31)30-18-8-4-3-7-17(18)29-22/h3-13,32H,2,14,26H2,1H3,(H,27,33)/b28-13-. The SMILES string of the molecule is CCOc1cc(/C=N\n2c(N)c(C(=O)NCc3cccs3)c3nc4ccccc4nc32)ccc1O. The molecular formula is C25H22N6O3S. The van der Waals surface area contributed by atoms with E-state index >= 15 is 0 Å². The Bertz CT molecular complexity index is 1560. The van der Waals surface area contributed by atoms with Gasteiger partial charge < -0.3 is 20.9 Å². The van der Waals surface area contributed by atoms with Crippen LogP contribution in [0.5, 0.6) is 11.5 Å². The zero-order valence-electron chi connectivity index (χ0n) is 18.8. The number of aromatic nitrogens is 3. The number of para-hydroxylation sites is 2. The quantitative estimate of drug-likeness (QED) is 0.297. The first-order valence-corrected chi connectivity index (χ1v) is 11.8. The second-order valence-electron chi connectivity index (χ2n) is 7.62. The van der Waals surface area contributed by atoms with Gasteiger partial charge in [-0.1, -0.05) is 18.2 Å². The Morgan fingerprint density at radius 3 is 2.74 bits per heavy atom. The van der Waals surface area contributed by atoms with Gasteiger partial charge in [-0.25, -0.2) is 9.97 Å². The molecule has 5 aromatic rings. The highest BCUT2D eigenvalue weighted by Crippen LogP contribution is 2.29. The fraction of sp³-hybridized carbons (Fsp3) is 0.120. The van der Waals surface area contributed by atoms with Crippen LogP contribution < -0.4 is 15.8 Å². The van der Waals surface area contributed by atoms with Crippen molar-refractivity contribution in [3.63, 3.8) is 0 Å². The van der Waals surface area contributed by atoms with Crippen LogP contribution in [0.15, 0.2) is 65.1 Å². The minimum Gasteiger partial charge on any atom is -0.504 e. The second kappa shape index (κ2) is 9.43. The summed E-state index contributed by atoms with van der Waals surface area (Å²) < 4.78 is 6.85. The number of hydrogen-bond acceptors (Lipinski definition) is 8. The van der Waals surface area contributed by atoms with Crippen LogP contribution in [0.4, 0.5) is 5.82 Å². The van der Waals surface area contributed by atoms with Gasteiger partial charge in [0.15, 0.2) is 17.1 Å². The number of phenols is 1. The topological polar surface area (TPSA) is 128 Å². The Kier molecular flexibility index (Phi) is 6.02. The number of benzene rings is 2. The number of amides is 1. The van der Waals surface area contributed by atoms with E-state index in [9.17, 15) is 9.90 Å². The number of nitrogens with one attached hydrogen (secondary N) is 1. The molecule has 0 aliphatic carbocycles. The van der Waals surface area contributed by atoms with E-state index in [1.165, 1.54) is 10.7 Å². The molecular weight excluding hydrogens is 464 g/mol. The molecule has 176 valence electrons. The van der Waals surface area contributed by atoms with Gasteiger partial charge in [-0.2, -0.15) is 9.78 Å². The molecule has 0 atom stereocenters. The minimum absolute atomic E-state index is 0.0389. The first kappa shape index (κ1) is 22.4. The maximum Gasteiger partial charge on any atom is 0.257 e. The third kappa shape index (κ3) is 4.38. The average molecular weight is 487 g/mol. The van der Waals surface area contributed by atoms with Gasteiger partial charge in [0.2, 0.25) is 0 Å². The Hall–Kier alpha value is -4.44. The molecule has 2 aromatic carbocycles. The van der Waals surface area contributed by atoms with Crippen molar-refractivity contribution in [2.75, 3.05) is 12.3 Å². The number of anilines is 1. The number of nitrogens with zero attached hydrogens (tertiary/aromatic N) is 4. The third-order valence-corrected chi connectivity index (χ3v) is 6.19. The largest absolute Gasteiger partial charge is 0.504 e. The molecule has 0 aliphatic heterocycles. The normalized spacial score (nSPS) is 11.5. The van der Waals surface area contributed by atoms with Crippen molar-refractivity contribution < 1.29 is 14.6 Å². The van der Waals surface area contributed by atoms with Crippen LogP contribution in [0, 0.1) is 0 Å². The summed E-state index contributed by atoms with van der Waals surface area (Å²) >= 11 is 1.56. The molecule has 3 heterocycles. The maximum absolute atomic E-state index is 13.2. The van der Waals surface area contributed by atoms with Gasteiger partial charge in [0.1, 0.15) is 16.9 Å². The molecule has 0 unspecified atom stereocenters. The van der Waals surface area contributed by atoms with Crippen molar-refractivity contribution in [3.8, 4) is 11.5 Å². The molecule has 9 nitrogen and oxygen atoms in total. The van der Waals surface area contributed by atoms with E-state index in [1.54, 1.807) is 29.7 Å². The predicted molar refractivity (Wildman–Crippen MR) is 137 cm³/mol. The fourth-order valence-electron chi connectivity index (χ4n) is 3.66. The highest BCUT2D eigenvalue weighted by molar-refractivity contribution is 7.09. The predicted octanol–water partition coefficient (Wildman–Crippen LogP) is 4.14. The van der Waals surface area contributed by atoms with Gasteiger partial charge >= 0.3 is 0 Å². The van der Waals surface area contributed by atoms with Crippen molar-refractivity contribution in [2.45, 2.75) is 13.5 Å². The average Bonchev–Trinajstić information content (AvgIpc) is 3.47. The summed E-state index contributed by atoms with van der Waals surface area (Å²) in [5.74, 6) is 0.153. The molecule has 10 heteroatoms. The number of phenolic OH excluding ortho intramolecular Hbond substituents is 1. The number of nitrogens with two attached hydrogens (primary N) is 1. The molecule has 3 aromatic heterocycles. The lowest BCUT2D eigenvalue weighted by molar-refractivity contribution is 0.0953. The number of nitrogen functional groups attached to an aromatic ring is 1. The summed E-state index contributed by atoms with van der Waals surface area (Å²) in [5.41, 5.74) is 9.36. The minimum atomic E-state index is -0.359. The maximum atomic E-state index is 13.2. The summed E-state index contributed by atoms with van der Waals surface area (Å²) in [6.45, 7) is 2.62. The van der Waals surface area contributed by atoms with Crippen molar-refractivity contribution in [2.24, 2.45) is 5.10 Å². The van der Waals surface area contributed by atoms with Crippen molar-refractivity contribution >= 4 is 51.5 Å². The molecule has 35 heavy (non-hydrogen) atoms. The molecule has 0 fully saturated rings. The highest BCUT2D eigenvalue weighted by Gasteiger charge is 2.24. The monoisotopic (exact) mass is 486 g/mol. The molecule has 0 spiro atoms. The van der Waals surface area contributed by atoms with E-state index in [4.69, 9.17) is 10.5 Å².